The second-order valence-corrected chi connectivity index (χ2v) is 12.5. The maximum absolute atomic E-state index is 12.5. The van der Waals surface area contributed by atoms with Crippen molar-refractivity contribution in [3.05, 3.63) is 58.6 Å². The van der Waals surface area contributed by atoms with Crippen LogP contribution in [0.25, 0.3) is 22.3 Å². The Balaban J connectivity index is 1.92. The van der Waals surface area contributed by atoms with Crippen LogP contribution in [0, 0.1) is 0 Å². The second kappa shape index (κ2) is 6.28. The molecule has 136 valence electrons. The standard InChI is InChI=1S/C20H22O5Si/c1-20(2,3)26(4,5)25-19(22)17-11-10-16(23-17)14-12-13-8-6-7-9-15(13)24-18(14)21/h6-12H,1-5H3. The van der Waals surface area contributed by atoms with Crippen LogP contribution in [0.3, 0.4) is 0 Å². The number of para-hydroxylation sites is 1. The molecule has 0 aliphatic heterocycles. The van der Waals surface area contributed by atoms with E-state index in [1.807, 2.05) is 25.2 Å². The zero-order valence-corrected chi connectivity index (χ0v) is 16.6. The van der Waals surface area contributed by atoms with E-state index in [1.54, 1.807) is 24.3 Å². The molecule has 6 heteroatoms. The molecule has 5 nitrogen and oxygen atoms in total. The van der Waals surface area contributed by atoms with Gasteiger partial charge in [0, 0.05) is 5.39 Å². The molecule has 0 aliphatic carbocycles. The number of hydrogen-bond acceptors (Lipinski definition) is 5. The molecule has 0 aliphatic rings. The Morgan fingerprint density at radius 2 is 1.73 bits per heavy atom. The van der Waals surface area contributed by atoms with Gasteiger partial charge in [0.1, 0.15) is 16.9 Å². The molecule has 0 spiro atoms. The van der Waals surface area contributed by atoms with E-state index < -0.39 is 19.9 Å². The number of carbonyl (C=O) groups is 1. The third kappa shape index (κ3) is 3.37. The quantitative estimate of drug-likeness (QED) is 0.467. The molecule has 0 fully saturated rings. The summed E-state index contributed by atoms with van der Waals surface area (Å²) in [5.74, 6) is -0.142. The van der Waals surface area contributed by atoms with E-state index in [9.17, 15) is 9.59 Å². The highest BCUT2D eigenvalue weighted by Gasteiger charge is 2.41. The number of fused-ring (bicyclic) bond motifs is 1. The third-order valence-corrected chi connectivity index (χ3v) is 9.18. The lowest BCUT2D eigenvalue weighted by Gasteiger charge is -2.35. The Bertz CT molecular complexity index is 1020. The third-order valence-electron chi connectivity index (χ3n) is 4.87. The largest absolute Gasteiger partial charge is 0.513 e. The average molecular weight is 370 g/mol. The summed E-state index contributed by atoms with van der Waals surface area (Å²) in [7, 11) is -2.26. The lowest BCUT2D eigenvalue weighted by Crippen LogP contribution is -2.42. The first-order valence-electron chi connectivity index (χ1n) is 8.45. The zero-order valence-electron chi connectivity index (χ0n) is 15.6. The van der Waals surface area contributed by atoms with E-state index in [4.69, 9.17) is 13.3 Å². The van der Waals surface area contributed by atoms with E-state index in [0.717, 1.165) is 5.39 Å². The summed E-state index contributed by atoms with van der Waals surface area (Å²) in [6, 6.07) is 12.0. The molecule has 3 aromatic rings. The molecule has 0 N–H and O–H groups in total. The highest BCUT2D eigenvalue weighted by molar-refractivity contribution is 6.75. The van der Waals surface area contributed by atoms with E-state index in [-0.39, 0.29) is 22.1 Å². The smallest absolute Gasteiger partial charge is 0.360 e. The normalized spacial score (nSPS) is 12.3. The lowest BCUT2D eigenvalue weighted by molar-refractivity contribution is 0.0679. The summed E-state index contributed by atoms with van der Waals surface area (Å²) in [5, 5.41) is 0.682. The molecular formula is C20H22O5Si. The van der Waals surface area contributed by atoms with Gasteiger partial charge in [0.2, 0.25) is 5.76 Å². The Labute approximate surface area is 152 Å². The highest BCUT2D eigenvalue weighted by atomic mass is 28.4. The van der Waals surface area contributed by atoms with Crippen molar-refractivity contribution in [3.63, 3.8) is 0 Å². The first-order valence-corrected chi connectivity index (χ1v) is 11.4. The molecular weight excluding hydrogens is 348 g/mol. The molecule has 1 aromatic carbocycles. The molecule has 0 atom stereocenters. The molecule has 0 amide bonds. The summed E-state index contributed by atoms with van der Waals surface area (Å²) in [6.07, 6.45) is 0. The molecule has 0 saturated carbocycles. The van der Waals surface area contributed by atoms with Gasteiger partial charge in [-0.05, 0) is 42.4 Å². The van der Waals surface area contributed by atoms with Crippen molar-refractivity contribution in [2.75, 3.05) is 0 Å². The minimum atomic E-state index is -2.26. The van der Waals surface area contributed by atoms with Crippen LogP contribution >= 0.6 is 0 Å². The average Bonchev–Trinajstić information content (AvgIpc) is 3.02. The summed E-state index contributed by atoms with van der Waals surface area (Å²) < 4.78 is 16.7. The number of furan rings is 1. The monoisotopic (exact) mass is 370 g/mol. The van der Waals surface area contributed by atoms with Gasteiger partial charge in [-0.15, -0.1) is 0 Å². The van der Waals surface area contributed by atoms with Gasteiger partial charge in [-0.1, -0.05) is 39.0 Å². The van der Waals surface area contributed by atoms with E-state index in [0.29, 0.717) is 5.58 Å². The van der Waals surface area contributed by atoms with Crippen molar-refractivity contribution < 1.29 is 18.1 Å². The molecule has 0 unspecified atom stereocenters. The van der Waals surface area contributed by atoms with Gasteiger partial charge < -0.3 is 13.3 Å². The van der Waals surface area contributed by atoms with Crippen LogP contribution in [-0.2, 0) is 4.43 Å². The molecule has 0 radical (unpaired) electrons. The van der Waals surface area contributed by atoms with Crippen LogP contribution in [0.1, 0.15) is 31.3 Å². The van der Waals surface area contributed by atoms with E-state index >= 15 is 0 Å². The number of carbonyl (C=O) groups excluding carboxylic acids is 1. The summed E-state index contributed by atoms with van der Waals surface area (Å²) in [5.41, 5.74) is 0.266. The topological polar surface area (TPSA) is 69.7 Å². The van der Waals surface area contributed by atoms with Gasteiger partial charge in [-0.3, -0.25) is 0 Å². The van der Waals surface area contributed by atoms with Gasteiger partial charge >= 0.3 is 11.6 Å². The maximum atomic E-state index is 12.5. The van der Waals surface area contributed by atoms with Crippen molar-refractivity contribution in [1.29, 1.82) is 0 Å². The van der Waals surface area contributed by atoms with Gasteiger partial charge in [0.25, 0.3) is 8.32 Å². The van der Waals surface area contributed by atoms with Gasteiger partial charge in [-0.2, -0.15) is 0 Å². The van der Waals surface area contributed by atoms with Gasteiger partial charge in [0.15, 0.2) is 0 Å². The number of hydrogen-bond donors (Lipinski definition) is 0. The summed E-state index contributed by atoms with van der Waals surface area (Å²) in [4.78, 5) is 24.7. The first kappa shape index (κ1) is 18.2. The van der Waals surface area contributed by atoms with Crippen molar-refractivity contribution in [1.82, 2.24) is 0 Å². The fourth-order valence-corrected chi connectivity index (χ4v) is 3.13. The fourth-order valence-electron chi connectivity index (χ4n) is 2.26. The number of benzene rings is 1. The molecule has 2 heterocycles. The highest BCUT2D eigenvalue weighted by Crippen LogP contribution is 2.37. The Hall–Kier alpha value is -2.60. The molecule has 2 aromatic heterocycles. The Morgan fingerprint density at radius 1 is 1.04 bits per heavy atom. The first-order chi connectivity index (χ1) is 12.1. The maximum Gasteiger partial charge on any atom is 0.360 e. The van der Waals surface area contributed by atoms with Crippen LogP contribution < -0.4 is 5.63 Å². The summed E-state index contributed by atoms with van der Waals surface area (Å²) >= 11 is 0. The van der Waals surface area contributed by atoms with Gasteiger partial charge in [0.05, 0.1) is 0 Å². The summed E-state index contributed by atoms with van der Waals surface area (Å²) in [6.45, 7) is 10.2. The minimum Gasteiger partial charge on any atom is -0.513 e. The lowest BCUT2D eigenvalue weighted by atomic mass is 10.1. The van der Waals surface area contributed by atoms with Crippen LogP contribution in [0.2, 0.25) is 18.1 Å². The van der Waals surface area contributed by atoms with Crippen molar-refractivity contribution in [3.8, 4) is 11.3 Å². The van der Waals surface area contributed by atoms with E-state index in [2.05, 4.69) is 20.8 Å². The van der Waals surface area contributed by atoms with Crippen molar-refractivity contribution >= 4 is 25.3 Å². The van der Waals surface area contributed by atoms with E-state index in [1.165, 1.54) is 6.07 Å². The van der Waals surface area contributed by atoms with Crippen LogP contribution in [0.4, 0.5) is 0 Å². The molecule has 0 bridgehead atoms. The van der Waals surface area contributed by atoms with Gasteiger partial charge in [-0.25, -0.2) is 9.59 Å². The second-order valence-electron chi connectivity index (χ2n) is 7.80. The van der Waals surface area contributed by atoms with Crippen molar-refractivity contribution in [2.45, 2.75) is 38.9 Å². The Kier molecular flexibility index (Phi) is 4.40. The van der Waals surface area contributed by atoms with Crippen molar-refractivity contribution in [2.24, 2.45) is 0 Å². The Morgan fingerprint density at radius 3 is 2.42 bits per heavy atom. The zero-order chi connectivity index (χ0) is 19.1. The molecule has 26 heavy (non-hydrogen) atoms. The molecule has 0 saturated heterocycles. The minimum absolute atomic E-state index is 0.0809. The van der Waals surface area contributed by atoms with Crippen LogP contribution in [0.15, 0.2) is 56.1 Å². The predicted octanol–water partition coefficient (Wildman–Crippen LogP) is 5.22. The van der Waals surface area contributed by atoms with Crippen LogP contribution in [-0.4, -0.2) is 14.3 Å². The fraction of sp³-hybridized carbons (Fsp3) is 0.300. The SMILES string of the molecule is CC(C)(C)[Si](C)(C)OC(=O)c1ccc(-c2cc3ccccc3oc2=O)o1. The van der Waals surface area contributed by atoms with Crippen LogP contribution in [0.5, 0.6) is 0 Å². The predicted molar refractivity (Wildman–Crippen MR) is 103 cm³/mol. The number of rotatable bonds is 3. The molecule has 3 rings (SSSR count).